The molecule has 4 heteroatoms. The van der Waals surface area contributed by atoms with Crippen molar-refractivity contribution in [3.63, 3.8) is 0 Å². The molecule has 3 N–H and O–H groups in total. The molecule has 0 unspecified atom stereocenters. The summed E-state index contributed by atoms with van der Waals surface area (Å²) in [5.41, 5.74) is 0.972. The minimum atomic E-state index is 0.438. The van der Waals surface area contributed by atoms with E-state index in [2.05, 4.69) is 10.3 Å². The van der Waals surface area contributed by atoms with Crippen molar-refractivity contribution >= 4 is 11.4 Å². The summed E-state index contributed by atoms with van der Waals surface area (Å²) < 4.78 is 0. The molecule has 0 radical (unpaired) electrons. The summed E-state index contributed by atoms with van der Waals surface area (Å²) in [6, 6.07) is 0. The normalized spacial score (nSPS) is 14.2. The standard InChI is InChI=1S/C4H9N3O/c1-3(6-5)4(2)7-8/h8H,5H2,1-2H3/b6-3+,7-4+. The van der Waals surface area contributed by atoms with Crippen LogP contribution in [-0.2, 0) is 0 Å². The molecule has 0 aromatic rings. The predicted octanol–water partition coefficient (Wildman–Crippen LogP) is 0.171. The highest BCUT2D eigenvalue weighted by atomic mass is 16.4. The average Bonchev–Trinajstić information content (AvgIpc) is 1.84. The number of oxime groups is 1. The first-order chi connectivity index (χ1) is 3.72. The van der Waals surface area contributed by atoms with Gasteiger partial charge in [0, 0.05) is 0 Å². The maximum atomic E-state index is 8.09. The maximum absolute atomic E-state index is 8.09. The molecular formula is C4H9N3O. The molecule has 0 aliphatic carbocycles. The van der Waals surface area contributed by atoms with Crippen LogP contribution in [0.1, 0.15) is 13.8 Å². The Morgan fingerprint density at radius 1 is 1.38 bits per heavy atom. The molecule has 8 heavy (non-hydrogen) atoms. The van der Waals surface area contributed by atoms with Crippen molar-refractivity contribution in [3.8, 4) is 0 Å². The maximum Gasteiger partial charge on any atom is 0.0993 e. The summed E-state index contributed by atoms with van der Waals surface area (Å²) in [6.07, 6.45) is 0. The Kier molecular flexibility index (Phi) is 2.61. The lowest BCUT2D eigenvalue weighted by atomic mass is 10.3. The van der Waals surface area contributed by atoms with Gasteiger partial charge in [-0.3, -0.25) is 0 Å². The highest BCUT2D eigenvalue weighted by molar-refractivity contribution is 6.40. The third-order valence-corrected chi connectivity index (χ3v) is 0.867. The Bertz CT molecular complexity index is 111. The Hall–Kier alpha value is -1.06. The molecule has 0 heterocycles. The van der Waals surface area contributed by atoms with Crippen LogP contribution in [0.5, 0.6) is 0 Å². The zero-order valence-electron chi connectivity index (χ0n) is 4.92. The van der Waals surface area contributed by atoms with Gasteiger partial charge in [0.1, 0.15) is 0 Å². The number of hydrazone groups is 1. The van der Waals surface area contributed by atoms with Gasteiger partial charge in [0.2, 0.25) is 0 Å². The average molecular weight is 115 g/mol. The molecule has 0 atom stereocenters. The lowest BCUT2D eigenvalue weighted by Gasteiger charge is -1.90. The van der Waals surface area contributed by atoms with Crippen LogP contribution in [0.3, 0.4) is 0 Å². The first-order valence-electron chi connectivity index (χ1n) is 2.16. The van der Waals surface area contributed by atoms with Crippen molar-refractivity contribution in [2.75, 3.05) is 0 Å². The van der Waals surface area contributed by atoms with Gasteiger partial charge < -0.3 is 11.0 Å². The zero-order chi connectivity index (χ0) is 6.57. The fraction of sp³-hybridized carbons (Fsp3) is 0.500. The minimum Gasteiger partial charge on any atom is -0.411 e. The lowest BCUT2D eigenvalue weighted by Crippen LogP contribution is -2.07. The van der Waals surface area contributed by atoms with Crippen molar-refractivity contribution in [2.24, 2.45) is 16.1 Å². The molecular weight excluding hydrogens is 106 g/mol. The number of hydrogen-bond donors (Lipinski definition) is 2. The van der Waals surface area contributed by atoms with Gasteiger partial charge >= 0.3 is 0 Å². The summed E-state index contributed by atoms with van der Waals surface area (Å²) in [6.45, 7) is 3.28. The largest absolute Gasteiger partial charge is 0.411 e. The molecule has 4 nitrogen and oxygen atoms in total. The fourth-order valence-electron chi connectivity index (χ4n) is 0.166. The summed E-state index contributed by atoms with van der Waals surface area (Å²) in [5.74, 6) is 4.84. The molecule has 0 bridgehead atoms. The van der Waals surface area contributed by atoms with Crippen LogP contribution in [0.25, 0.3) is 0 Å². The van der Waals surface area contributed by atoms with E-state index in [0.717, 1.165) is 0 Å². The monoisotopic (exact) mass is 115 g/mol. The Morgan fingerprint density at radius 3 is 2.00 bits per heavy atom. The highest BCUT2D eigenvalue weighted by Crippen LogP contribution is 1.77. The molecule has 0 aromatic heterocycles. The molecule has 0 amide bonds. The van der Waals surface area contributed by atoms with E-state index in [1.54, 1.807) is 13.8 Å². The van der Waals surface area contributed by atoms with Gasteiger partial charge in [0.05, 0.1) is 11.4 Å². The molecule has 0 saturated heterocycles. The van der Waals surface area contributed by atoms with E-state index < -0.39 is 0 Å². The smallest absolute Gasteiger partial charge is 0.0993 e. The third-order valence-electron chi connectivity index (χ3n) is 0.867. The Morgan fingerprint density at radius 2 is 1.88 bits per heavy atom. The van der Waals surface area contributed by atoms with E-state index in [1.165, 1.54) is 0 Å². The molecule has 0 aromatic carbocycles. The van der Waals surface area contributed by atoms with Crippen LogP contribution in [0, 0.1) is 0 Å². The van der Waals surface area contributed by atoms with Gasteiger partial charge in [0.25, 0.3) is 0 Å². The predicted molar refractivity (Wildman–Crippen MR) is 32.2 cm³/mol. The third kappa shape index (κ3) is 1.59. The van der Waals surface area contributed by atoms with Crippen LogP contribution >= 0.6 is 0 Å². The number of nitrogens with two attached hydrogens (primary N) is 1. The highest BCUT2D eigenvalue weighted by Gasteiger charge is 1.92. The zero-order valence-corrected chi connectivity index (χ0v) is 4.92. The van der Waals surface area contributed by atoms with Crippen molar-refractivity contribution in [3.05, 3.63) is 0 Å². The van der Waals surface area contributed by atoms with E-state index >= 15 is 0 Å². The Balaban J connectivity index is 4.04. The number of hydrogen-bond acceptors (Lipinski definition) is 4. The van der Waals surface area contributed by atoms with Gasteiger partial charge in [-0.25, -0.2) is 0 Å². The molecule has 0 aliphatic rings. The first-order valence-corrected chi connectivity index (χ1v) is 2.16. The van der Waals surface area contributed by atoms with Crippen molar-refractivity contribution in [2.45, 2.75) is 13.8 Å². The second-order valence-corrected chi connectivity index (χ2v) is 1.40. The van der Waals surface area contributed by atoms with E-state index in [1.807, 2.05) is 0 Å². The summed E-state index contributed by atoms with van der Waals surface area (Å²) >= 11 is 0. The SMILES string of the molecule is CC(=N\N)/C(C)=N/O. The summed E-state index contributed by atoms with van der Waals surface area (Å²) in [5, 5.41) is 14.2. The van der Waals surface area contributed by atoms with Crippen LogP contribution in [-0.4, -0.2) is 16.6 Å². The second kappa shape index (κ2) is 3.01. The lowest BCUT2D eigenvalue weighted by molar-refractivity contribution is 0.320. The van der Waals surface area contributed by atoms with Gasteiger partial charge in [0.15, 0.2) is 0 Å². The van der Waals surface area contributed by atoms with Gasteiger partial charge in [-0.15, -0.1) is 0 Å². The number of rotatable bonds is 1. The molecule has 0 spiro atoms. The second-order valence-electron chi connectivity index (χ2n) is 1.40. The van der Waals surface area contributed by atoms with Gasteiger partial charge in [-0.05, 0) is 13.8 Å². The van der Waals surface area contributed by atoms with E-state index in [-0.39, 0.29) is 0 Å². The minimum absolute atomic E-state index is 0.438. The van der Waals surface area contributed by atoms with Crippen LogP contribution in [0.15, 0.2) is 10.3 Å². The van der Waals surface area contributed by atoms with Crippen molar-refractivity contribution in [1.82, 2.24) is 0 Å². The summed E-state index contributed by atoms with van der Waals surface area (Å²) in [4.78, 5) is 0. The van der Waals surface area contributed by atoms with E-state index in [9.17, 15) is 0 Å². The van der Waals surface area contributed by atoms with Crippen molar-refractivity contribution in [1.29, 1.82) is 0 Å². The molecule has 0 rings (SSSR count). The molecule has 0 aliphatic heterocycles. The van der Waals surface area contributed by atoms with Gasteiger partial charge in [-0.1, -0.05) is 5.16 Å². The molecule has 46 valence electrons. The van der Waals surface area contributed by atoms with Crippen molar-refractivity contribution < 1.29 is 5.21 Å². The first kappa shape index (κ1) is 6.94. The van der Waals surface area contributed by atoms with Crippen LogP contribution in [0.4, 0.5) is 0 Å². The topological polar surface area (TPSA) is 71.0 Å². The Labute approximate surface area is 47.7 Å². The molecule has 0 saturated carbocycles. The quantitative estimate of drug-likeness (QED) is 0.221. The summed E-state index contributed by atoms with van der Waals surface area (Å²) in [7, 11) is 0. The van der Waals surface area contributed by atoms with Gasteiger partial charge in [-0.2, -0.15) is 5.10 Å². The van der Waals surface area contributed by atoms with E-state index in [0.29, 0.717) is 11.4 Å². The van der Waals surface area contributed by atoms with Crippen LogP contribution in [0.2, 0.25) is 0 Å². The van der Waals surface area contributed by atoms with E-state index in [4.69, 9.17) is 11.0 Å². The fourth-order valence-corrected chi connectivity index (χ4v) is 0.166. The number of nitrogens with zero attached hydrogens (tertiary/aromatic N) is 2. The van der Waals surface area contributed by atoms with Crippen LogP contribution < -0.4 is 5.84 Å². The molecule has 0 fully saturated rings.